The van der Waals surface area contributed by atoms with Gasteiger partial charge in [0.1, 0.15) is 35.2 Å². The van der Waals surface area contributed by atoms with Crippen molar-refractivity contribution in [3.05, 3.63) is 34.8 Å². The van der Waals surface area contributed by atoms with Crippen molar-refractivity contribution in [1.82, 2.24) is 20.9 Å². The quantitative estimate of drug-likeness (QED) is 0.0419. The fourth-order valence-corrected chi connectivity index (χ4v) is 4.60. The van der Waals surface area contributed by atoms with Crippen LogP contribution < -0.4 is 27.4 Å². The van der Waals surface area contributed by atoms with Gasteiger partial charge in [0.25, 0.3) is 0 Å². The van der Waals surface area contributed by atoms with Gasteiger partial charge in [-0.1, -0.05) is 25.5 Å². The lowest BCUT2D eigenvalue weighted by atomic mass is 10.0. The van der Waals surface area contributed by atoms with E-state index in [0.717, 1.165) is 5.57 Å². The largest absolute Gasteiger partial charge is 0.480 e. The van der Waals surface area contributed by atoms with Crippen LogP contribution in [0.15, 0.2) is 22.1 Å². The molecule has 0 bridgehead atoms. The summed E-state index contributed by atoms with van der Waals surface area (Å²) >= 11 is 0. The molecule has 45 heavy (non-hydrogen) atoms. The van der Waals surface area contributed by atoms with E-state index in [1.807, 2.05) is 19.9 Å². The molecule has 1 aromatic rings. The molecule has 2 rings (SSSR count). The number of aliphatic carboxylic acids is 1. The summed E-state index contributed by atoms with van der Waals surface area (Å²) in [7, 11) is 0. The van der Waals surface area contributed by atoms with E-state index in [1.165, 1.54) is 13.0 Å². The summed E-state index contributed by atoms with van der Waals surface area (Å²) < 4.78 is 5.61. The Kier molecular flexibility index (Phi) is 14.0. The number of carboxylic acids is 2. The lowest BCUT2D eigenvalue weighted by Crippen LogP contribution is -2.54. The van der Waals surface area contributed by atoms with Gasteiger partial charge in [0.15, 0.2) is 5.96 Å². The Morgan fingerprint density at radius 2 is 1.71 bits per heavy atom. The number of nitrogens with zero attached hydrogens (tertiary/aromatic N) is 1. The maximum absolute atomic E-state index is 13.0. The van der Waals surface area contributed by atoms with Crippen LogP contribution >= 0.6 is 0 Å². The first-order valence-corrected chi connectivity index (χ1v) is 14.7. The Bertz CT molecular complexity index is 1270. The second-order valence-corrected chi connectivity index (χ2v) is 11.5. The van der Waals surface area contributed by atoms with Crippen molar-refractivity contribution in [3.8, 4) is 0 Å². The topological polar surface area (TPSA) is 274 Å². The number of aliphatic hydroxyl groups is 1. The van der Waals surface area contributed by atoms with E-state index < -0.39 is 53.9 Å². The molecule has 4 unspecified atom stereocenters. The van der Waals surface area contributed by atoms with E-state index in [1.54, 1.807) is 4.90 Å². The number of unbranched alkanes of at least 4 members (excludes halogenated alkanes) is 1. The predicted octanol–water partition coefficient (Wildman–Crippen LogP) is -0.707. The molecule has 1 aliphatic heterocycles. The third-order valence-corrected chi connectivity index (χ3v) is 7.11. The highest BCUT2D eigenvalue weighted by Crippen LogP contribution is 2.21. The molecule has 0 saturated carbocycles. The van der Waals surface area contributed by atoms with E-state index in [9.17, 15) is 39.3 Å². The summed E-state index contributed by atoms with van der Waals surface area (Å²) in [5.41, 5.74) is 12.0. The Balaban J connectivity index is 1.88. The van der Waals surface area contributed by atoms with Crippen molar-refractivity contribution >= 4 is 35.6 Å². The van der Waals surface area contributed by atoms with Gasteiger partial charge in [-0.05, 0) is 38.2 Å². The summed E-state index contributed by atoms with van der Waals surface area (Å²) in [5, 5.41) is 44.0. The fraction of sp³-hybridized carbons (Fsp3) is 0.586. The number of hydrogen-bond acceptors (Lipinski definition) is 9. The maximum atomic E-state index is 13.0. The SMILES string of the molecule is CC(C)Cc1oc(CC(NC(=O)CCCCNC(=O)C(CC2=CCN(C(=N)N)C2)NC(=O)C(N)C(C)O)C(=O)O)cc1C(=O)O. The van der Waals surface area contributed by atoms with Crippen LogP contribution in [0, 0.1) is 11.3 Å². The van der Waals surface area contributed by atoms with Gasteiger partial charge in [0.05, 0.1) is 6.10 Å². The number of rotatable bonds is 18. The smallest absolute Gasteiger partial charge is 0.339 e. The van der Waals surface area contributed by atoms with Crippen LogP contribution in [-0.2, 0) is 32.0 Å². The van der Waals surface area contributed by atoms with Crippen LogP contribution in [-0.4, -0.2) is 99.7 Å². The Labute approximate surface area is 261 Å². The van der Waals surface area contributed by atoms with Gasteiger partial charge >= 0.3 is 11.9 Å². The van der Waals surface area contributed by atoms with Crippen molar-refractivity contribution in [2.24, 2.45) is 17.4 Å². The monoisotopic (exact) mass is 635 g/mol. The molecule has 16 heteroatoms. The van der Waals surface area contributed by atoms with Crippen LogP contribution in [0.25, 0.3) is 0 Å². The molecular formula is C29H45N7O9. The number of amides is 3. The number of carbonyl (C=O) groups is 5. The molecule has 0 radical (unpaired) electrons. The van der Waals surface area contributed by atoms with Crippen LogP contribution in [0.1, 0.15) is 68.3 Å². The highest BCUT2D eigenvalue weighted by molar-refractivity contribution is 5.90. The lowest BCUT2D eigenvalue weighted by molar-refractivity contribution is -0.141. The third-order valence-electron chi connectivity index (χ3n) is 7.11. The average molecular weight is 636 g/mol. The molecular weight excluding hydrogens is 590 g/mol. The zero-order chi connectivity index (χ0) is 33.8. The summed E-state index contributed by atoms with van der Waals surface area (Å²) in [5.74, 6) is -3.86. The second-order valence-electron chi connectivity index (χ2n) is 11.5. The number of aliphatic hydroxyl groups excluding tert-OH is 1. The van der Waals surface area contributed by atoms with Gasteiger partial charge in [0, 0.05) is 38.9 Å². The number of nitrogens with two attached hydrogens (primary N) is 2. The normalized spacial score (nSPS) is 15.5. The van der Waals surface area contributed by atoms with Gasteiger partial charge in [-0.2, -0.15) is 0 Å². The molecule has 1 aromatic heterocycles. The third kappa shape index (κ3) is 11.9. The molecule has 250 valence electrons. The lowest BCUT2D eigenvalue weighted by Gasteiger charge is -2.23. The van der Waals surface area contributed by atoms with Crippen LogP contribution in [0.5, 0.6) is 0 Å². The van der Waals surface area contributed by atoms with Gasteiger partial charge in [-0.25, -0.2) is 9.59 Å². The molecule has 1 aliphatic rings. The highest BCUT2D eigenvalue weighted by Gasteiger charge is 2.29. The zero-order valence-electron chi connectivity index (χ0n) is 25.8. The number of hydrogen-bond donors (Lipinski definition) is 9. The van der Waals surface area contributed by atoms with Gasteiger partial charge < -0.3 is 52.1 Å². The van der Waals surface area contributed by atoms with Gasteiger partial charge in [-0.3, -0.25) is 19.8 Å². The fourth-order valence-electron chi connectivity index (χ4n) is 4.60. The molecule has 0 fully saturated rings. The minimum Gasteiger partial charge on any atom is -0.480 e. The molecule has 4 atom stereocenters. The molecule has 16 nitrogen and oxygen atoms in total. The predicted molar refractivity (Wildman–Crippen MR) is 162 cm³/mol. The average Bonchev–Trinajstić information content (AvgIpc) is 3.58. The number of carboxylic acid groups (broad SMARTS) is 2. The van der Waals surface area contributed by atoms with Gasteiger partial charge in [-0.15, -0.1) is 0 Å². The zero-order valence-corrected chi connectivity index (χ0v) is 25.8. The Morgan fingerprint density at radius 3 is 2.27 bits per heavy atom. The minimum atomic E-state index is -1.34. The summed E-state index contributed by atoms with van der Waals surface area (Å²) in [6.45, 7) is 6.02. The molecule has 2 heterocycles. The first-order chi connectivity index (χ1) is 21.1. The van der Waals surface area contributed by atoms with E-state index in [-0.39, 0.29) is 54.8 Å². The molecule has 0 aliphatic carbocycles. The summed E-state index contributed by atoms with van der Waals surface area (Å²) in [6, 6.07) is -2.31. The van der Waals surface area contributed by atoms with E-state index >= 15 is 0 Å². The van der Waals surface area contributed by atoms with Crippen molar-refractivity contribution in [1.29, 1.82) is 5.41 Å². The maximum Gasteiger partial charge on any atom is 0.339 e. The van der Waals surface area contributed by atoms with Crippen LogP contribution in [0.4, 0.5) is 0 Å². The van der Waals surface area contributed by atoms with Crippen LogP contribution in [0.2, 0.25) is 0 Å². The first-order valence-electron chi connectivity index (χ1n) is 14.7. The molecule has 0 saturated heterocycles. The summed E-state index contributed by atoms with van der Waals surface area (Å²) in [4.78, 5) is 62.8. The van der Waals surface area contributed by atoms with Crippen molar-refractivity contribution < 1.29 is 43.7 Å². The standard InChI is InChI=1S/C29H45N7O9/c1-15(2)10-22-19(27(41)42)12-18(45-22)13-21(28(43)44)34-23(38)6-4-5-8-33-25(39)20(35-26(40)24(30)16(3)37)11-17-7-9-36(14-17)29(31)32/h7,12,15-16,20-21,24,37H,4-6,8-11,13-14,30H2,1-3H3,(H3,31,32)(H,33,39)(H,34,38)(H,35,40)(H,41,42)(H,43,44). The number of aromatic carboxylic acids is 1. The molecule has 3 amide bonds. The minimum absolute atomic E-state index is 0.0338. The van der Waals surface area contributed by atoms with E-state index in [0.29, 0.717) is 32.4 Å². The number of furan rings is 1. The number of nitrogens with one attached hydrogen (secondary N) is 4. The Morgan fingerprint density at radius 1 is 1.02 bits per heavy atom. The van der Waals surface area contributed by atoms with E-state index in [2.05, 4.69) is 16.0 Å². The molecule has 11 N–H and O–H groups in total. The summed E-state index contributed by atoms with van der Waals surface area (Å²) in [6.07, 6.45) is 1.58. The van der Waals surface area contributed by atoms with Crippen molar-refractivity contribution in [2.75, 3.05) is 19.6 Å². The Hall–Kier alpha value is -4.44. The highest BCUT2D eigenvalue weighted by atomic mass is 16.4. The van der Waals surface area contributed by atoms with Crippen LogP contribution in [0.3, 0.4) is 0 Å². The number of carbonyl (C=O) groups excluding carboxylic acids is 3. The van der Waals surface area contributed by atoms with Crippen molar-refractivity contribution in [3.63, 3.8) is 0 Å². The van der Waals surface area contributed by atoms with Gasteiger partial charge in [0.2, 0.25) is 17.7 Å². The number of guanidine groups is 1. The molecule has 0 spiro atoms. The first kappa shape index (κ1) is 36.8. The second kappa shape index (κ2) is 17.2. The van der Waals surface area contributed by atoms with Crippen molar-refractivity contribution in [2.45, 2.75) is 83.5 Å². The molecule has 0 aromatic carbocycles. The van der Waals surface area contributed by atoms with E-state index in [4.69, 9.17) is 21.3 Å².